The highest BCUT2D eigenvalue weighted by atomic mass is 32.2. The quantitative estimate of drug-likeness (QED) is 0.148. The van der Waals surface area contributed by atoms with Crippen LogP contribution in [-0.2, 0) is 51.6 Å². The third-order valence-electron chi connectivity index (χ3n) is 8.75. The Bertz CT molecular complexity index is 1940. The molecule has 0 heterocycles. The number of halogens is 2. The lowest BCUT2D eigenvalue weighted by molar-refractivity contribution is -0.174. The lowest BCUT2D eigenvalue weighted by atomic mass is 9.68. The van der Waals surface area contributed by atoms with Crippen LogP contribution in [0.1, 0.15) is 23.1 Å². The van der Waals surface area contributed by atoms with Gasteiger partial charge in [-0.3, -0.25) is 9.59 Å². The molecule has 0 radical (unpaired) electrons. The Hall–Kier alpha value is -5.53. The number of ether oxygens (including phenoxy) is 4. The molecule has 0 unspecified atom stereocenters. The molecule has 3 aromatic rings. The van der Waals surface area contributed by atoms with E-state index < -0.39 is 95.3 Å². The third-order valence-corrected chi connectivity index (χ3v) is 10.6. The van der Waals surface area contributed by atoms with E-state index in [1.807, 2.05) is 0 Å². The standard InChI is InChI=1S/C37H39F2N3O10S/c1-5-18-42(53(47,48)26-16-14-23(2)15-17-26)22-28-32(35(44)50-4)27(34(43)49-3)19-31(51-36(45)40-20-24-10-6-8-12-29(24)38)33(28)52-37(46)41-21-25-11-7-9-13-30(25)39/h1,6-17,27-28,31-33H,18-22H2,2-4H3,(H,40,45)(H,41,46)/t27-,28-,31-,32-,33+/m1/s1. The van der Waals surface area contributed by atoms with Crippen molar-refractivity contribution < 1.29 is 55.3 Å². The van der Waals surface area contributed by atoms with Crippen molar-refractivity contribution in [3.8, 4) is 12.3 Å². The average molecular weight is 756 g/mol. The zero-order valence-electron chi connectivity index (χ0n) is 29.1. The molecule has 53 heavy (non-hydrogen) atoms. The number of aryl methyl sites for hydroxylation is 1. The molecule has 0 aliphatic heterocycles. The fourth-order valence-electron chi connectivity index (χ4n) is 6.08. The second-order valence-electron chi connectivity index (χ2n) is 12.1. The first-order valence-electron chi connectivity index (χ1n) is 16.3. The van der Waals surface area contributed by atoms with Crippen molar-refractivity contribution in [2.24, 2.45) is 17.8 Å². The van der Waals surface area contributed by atoms with Crippen LogP contribution in [0.3, 0.4) is 0 Å². The van der Waals surface area contributed by atoms with Gasteiger partial charge in [0.25, 0.3) is 0 Å². The lowest BCUT2D eigenvalue weighted by Gasteiger charge is -2.44. The first-order valence-corrected chi connectivity index (χ1v) is 17.8. The number of nitrogens with zero attached hydrogens (tertiary/aromatic N) is 1. The predicted octanol–water partition coefficient (Wildman–Crippen LogP) is 4.09. The van der Waals surface area contributed by atoms with Gasteiger partial charge in [-0.25, -0.2) is 26.8 Å². The number of benzene rings is 3. The summed E-state index contributed by atoms with van der Waals surface area (Å²) in [7, 11) is -2.29. The molecule has 0 saturated heterocycles. The number of rotatable bonds is 13. The number of alkyl carbamates (subject to hydrolysis) is 2. The van der Waals surface area contributed by atoms with E-state index in [1.165, 1.54) is 48.5 Å². The molecule has 4 rings (SSSR count). The van der Waals surface area contributed by atoms with Gasteiger partial charge >= 0.3 is 24.1 Å². The molecule has 16 heteroatoms. The fraction of sp³-hybridized carbons (Fsp3) is 0.351. The van der Waals surface area contributed by atoms with Gasteiger partial charge in [-0.15, -0.1) is 6.42 Å². The van der Waals surface area contributed by atoms with E-state index in [2.05, 4.69) is 16.6 Å². The maximum Gasteiger partial charge on any atom is 0.407 e. The van der Waals surface area contributed by atoms with E-state index >= 15 is 0 Å². The molecule has 0 aromatic heterocycles. The number of methoxy groups -OCH3 is 2. The molecule has 0 spiro atoms. The summed E-state index contributed by atoms with van der Waals surface area (Å²) in [6, 6.07) is 17.1. The van der Waals surface area contributed by atoms with Crippen LogP contribution in [0.25, 0.3) is 0 Å². The lowest BCUT2D eigenvalue weighted by Crippen LogP contribution is -2.58. The highest BCUT2D eigenvalue weighted by Gasteiger charge is 2.55. The number of carbonyl (C=O) groups is 4. The molecule has 282 valence electrons. The summed E-state index contributed by atoms with van der Waals surface area (Å²) in [5.74, 6) is -5.24. The second-order valence-corrected chi connectivity index (χ2v) is 14.0. The van der Waals surface area contributed by atoms with Crippen LogP contribution in [0.2, 0.25) is 0 Å². The minimum absolute atomic E-state index is 0.104. The molecule has 1 saturated carbocycles. The van der Waals surface area contributed by atoms with Crippen LogP contribution in [0.15, 0.2) is 77.7 Å². The summed E-state index contributed by atoms with van der Waals surface area (Å²) in [5.41, 5.74) is 0.998. The van der Waals surface area contributed by atoms with Gasteiger partial charge in [-0.2, -0.15) is 4.31 Å². The van der Waals surface area contributed by atoms with Crippen LogP contribution in [0.5, 0.6) is 0 Å². The molecule has 1 aliphatic carbocycles. The number of sulfonamides is 1. The number of hydrogen-bond donors (Lipinski definition) is 2. The topological polar surface area (TPSA) is 167 Å². The monoisotopic (exact) mass is 755 g/mol. The summed E-state index contributed by atoms with van der Waals surface area (Å²) in [6.07, 6.45) is -0.303. The van der Waals surface area contributed by atoms with E-state index in [-0.39, 0.29) is 29.1 Å². The molecule has 2 amide bonds. The van der Waals surface area contributed by atoms with E-state index in [1.54, 1.807) is 31.2 Å². The summed E-state index contributed by atoms with van der Waals surface area (Å²) in [5, 5.41) is 4.81. The van der Waals surface area contributed by atoms with E-state index in [4.69, 9.17) is 25.4 Å². The van der Waals surface area contributed by atoms with Crippen molar-refractivity contribution >= 4 is 34.1 Å². The Labute approximate surface area is 306 Å². The van der Waals surface area contributed by atoms with E-state index in [9.17, 15) is 36.4 Å². The number of nitrogens with one attached hydrogen (secondary N) is 2. The summed E-state index contributed by atoms with van der Waals surface area (Å²) in [4.78, 5) is 53.2. The van der Waals surface area contributed by atoms with Crippen LogP contribution in [0, 0.1) is 48.7 Å². The van der Waals surface area contributed by atoms with Gasteiger partial charge in [0.2, 0.25) is 10.0 Å². The van der Waals surface area contributed by atoms with Crippen LogP contribution in [-0.4, -0.2) is 76.4 Å². The minimum atomic E-state index is -4.40. The van der Waals surface area contributed by atoms with E-state index in [0.717, 1.165) is 24.1 Å². The first-order chi connectivity index (χ1) is 25.3. The zero-order chi connectivity index (χ0) is 38.7. The molecule has 0 bridgehead atoms. The van der Waals surface area contributed by atoms with Gasteiger partial charge < -0.3 is 29.6 Å². The van der Waals surface area contributed by atoms with Gasteiger partial charge in [0.1, 0.15) is 23.8 Å². The highest BCUT2D eigenvalue weighted by Crippen LogP contribution is 2.41. The van der Waals surface area contributed by atoms with Crippen molar-refractivity contribution in [1.29, 1.82) is 0 Å². The Kier molecular flexibility index (Phi) is 13.9. The maximum absolute atomic E-state index is 14.4. The van der Waals surface area contributed by atoms with Gasteiger partial charge in [-0.1, -0.05) is 60.0 Å². The molecule has 2 N–H and O–H groups in total. The molecule has 1 aliphatic rings. The molecular formula is C37H39F2N3O10S. The van der Waals surface area contributed by atoms with Crippen molar-refractivity contribution in [2.75, 3.05) is 27.3 Å². The molecule has 3 aromatic carbocycles. The van der Waals surface area contributed by atoms with Crippen molar-refractivity contribution in [3.05, 3.63) is 101 Å². The number of esters is 2. The zero-order valence-corrected chi connectivity index (χ0v) is 29.9. The summed E-state index contributed by atoms with van der Waals surface area (Å²) in [6.45, 7) is -0.0582. The number of carbonyl (C=O) groups excluding carboxylic acids is 4. The Morgan fingerprint density at radius 2 is 1.36 bits per heavy atom. The third kappa shape index (κ3) is 10.1. The predicted molar refractivity (Wildman–Crippen MR) is 185 cm³/mol. The number of terminal acetylenes is 1. The van der Waals surface area contributed by atoms with Gasteiger partial charge in [0.15, 0.2) is 0 Å². The number of hydrogen-bond acceptors (Lipinski definition) is 10. The Balaban J connectivity index is 1.77. The number of amides is 2. The molecule has 5 atom stereocenters. The van der Waals surface area contributed by atoms with Crippen molar-refractivity contribution in [3.63, 3.8) is 0 Å². The summed E-state index contributed by atoms with van der Waals surface area (Å²) < 4.78 is 79.0. The molecule has 1 fully saturated rings. The first kappa shape index (κ1) is 40.2. The van der Waals surface area contributed by atoms with Crippen LogP contribution in [0.4, 0.5) is 18.4 Å². The smallest absolute Gasteiger partial charge is 0.407 e. The van der Waals surface area contributed by atoms with Gasteiger partial charge in [-0.05, 0) is 31.2 Å². The highest BCUT2D eigenvalue weighted by molar-refractivity contribution is 7.89. The molecular weight excluding hydrogens is 716 g/mol. The van der Waals surface area contributed by atoms with E-state index in [0.29, 0.717) is 0 Å². The minimum Gasteiger partial charge on any atom is -0.469 e. The van der Waals surface area contributed by atoms with Gasteiger partial charge in [0, 0.05) is 43.1 Å². The second kappa shape index (κ2) is 18.3. The summed E-state index contributed by atoms with van der Waals surface area (Å²) >= 11 is 0. The normalized spacial score (nSPS) is 19.7. The Morgan fingerprint density at radius 3 is 1.87 bits per heavy atom. The maximum atomic E-state index is 14.4. The average Bonchev–Trinajstić information content (AvgIpc) is 3.14. The van der Waals surface area contributed by atoms with Crippen molar-refractivity contribution in [1.82, 2.24) is 14.9 Å². The van der Waals surface area contributed by atoms with Crippen molar-refractivity contribution in [2.45, 2.75) is 43.5 Å². The van der Waals surface area contributed by atoms with Gasteiger partial charge in [0.05, 0.1) is 37.5 Å². The fourth-order valence-corrected chi connectivity index (χ4v) is 7.47. The largest absolute Gasteiger partial charge is 0.469 e. The molecule has 13 nitrogen and oxygen atoms in total. The SMILES string of the molecule is C#CCN(C[C@H]1[C@H](OC(=O)NCc2ccccc2F)[C@H](OC(=O)NCc2ccccc2F)C[C@@H](C(=O)OC)[C@H]1C(=O)OC)S(=O)(=O)c1ccc(C)cc1. The Morgan fingerprint density at radius 1 is 0.830 bits per heavy atom. The van der Waals surface area contributed by atoms with Crippen LogP contribution >= 0.6 is 0 Å². The van der Waals surface area contributed by atoms with Crippen LogP contribution < -0.4 is 10.6 Å².